The number of hydrogen-bond donors (Lipinski definition) is 0. The van der Waals surface area contributed by atoms with Crippen molar-refractivity contribution in [3.05, 3.63) is 87.9 Å². The number of aryl methyl sites for hydroxylation is 1. The van der Waals surface area contributed by atoms with Gasteiger partial charge < -0.3 is 9.30 Å². The normalized spacial score (nSPS) is 19.6. The molecule has 0 aliphatic heterocycles. The SMILES string of the molecule is Clc1ccc(Cl)c(CO[C@H]2CCc3ccccc3[C@@H]2n2ccnc2)c1. The number of halogens is 2. The zero-order valence-electron chi connectivity index (χ0n) is 13.6. The van der Waals surface area contributed by atoms with E-state index in [4.69, 9.17) is 27.9 Å². The third-order valence-electron chi connectivity index (χ3n) is 4.73. The molecule has 25 heavy (non-hydrogen) atoms. The summed E-state index contributed by atoms with van der Waals surface area (Å²) in [4.78, 5) is 4.22. The van der Waals surface area contributed by atoms with Gasteiger partial charge in [-0.2, -0.15) is 0 Å². The van der Waals surface area contributed by atoms with E-state index in [0.29, 0.717) is 16.7 Å². The number of hydrogen-bond acceptors (Lipinski definition) is 2. The lowest BCUT2D eigenvalue weighted by Gasteiger charge is -2.34. The number of nitrogens with zero attached hydrogens (tertiary/aromatic N) is 2. The summed E-state index contributed by atoms with van der Waals surface area (Å²) in [5.74, 6) is 0. The Balaban J connectivity index is 1.61. The molecule has 1 aromatic heterocycles. The molecule has 0 bridgehead atoms. The third kappa shape index (κ3) is 3.45. The summed E-state index contributed by atoms with van der Waals surface area (Å²) in [6.45, 7) is 0.442. The van der Waals surface area contributed by atoms with Gasteiger partial charge in [0.25, 0.3) is 0 Å². The Hall–Kier alpha value is -1.81. The van der Waals surface area contributed by atoms with Crippen molar-refractivity contribution in [1.82, 2.24) is 9.55 Å². The smallest absolute Gasteiger partial charge is 0.0952 e. The van der Waals surface area contributed by atoms with E-state index in [0.717, 1.165) is 18.4 Å². The van der Waals surface area contributed by atoms with Crippen LogP contribution in [0.25, 0.3) is 0 Å². The Morgan fingerprint density at radius 2 is 2.04 bits per heavy atom. The van der Waals surface area contributed by atoms with Gasteiger partial charge in [-0.15, -0.1) is 0 Å². The minimum atomic E-state index is 0.0548. The van der Waals surface area contributed by atoms with Gasteiger partial charge in [0.15, 0.2) is 0 Å². The van der Waals surface area contributed by atoms with Gasteiger partial charge in [-0.25, -0.2) is 4.98 Å². The average molecular weight is 373 g/mol. The van der Waals surface area contributed by atoms with E-state index in [2.05, 4.69) is 33.8 Å². The Bertz CT molecular complexity index is 864. The molecule has 1 aliphatic rings. The van der Waals surface area contributed by atoms with Gasteiger partial charge in [0.2, 0.25) is 0 Å². The summed E-state index contributed by atoms with van der Waals surface area (Å²) < 4.78 is 8.43. The Labute approximate surface area is 157 Å². The van der Waals surface area contributed by atoms with E-state index in [1.807, 2.05) is 30.9 Å². The maximum Gasteiger partial charge on any atom is 0.0952 e. The molecule has 5 heteroatoms. The number of imidazole rings is 1. The fraction of sp³-hybridized carbons (Fsp3) is 0.250. The summed E-state index contributed by atoms with van der Waals surface area (Å²) >= 11 is 12.4. The first-order valence-electron chi connectivity index (χ1n) is 8.33. The van der Waals surface area contributed by atoms with Crippen molar-refractivity contribution in [2.24, 2.45) is 0 Å². The first-order valence-corrected chi connectivity index (χ1v) is 9.09. The van der Waals surface area contributed by atoms with E-state index in [1.165, 1.54) is 11.1 Å². The van der Waals surface area contributed by atoms with Gasteiger partial charge in [-0.1, -0.05) is 47.5 Å². The molecule has 2 aromatic carbocycles. The first kappa shape index (κ1) is 16.6. The van der Waals surface area contributed by atoms with Crippen LogP contribution < -0.4 is 0 Å². The number of rotatable bonds is 4. The van der Waals surface area contributed by atoms with Crippen LogP contribution in [0, 0.1) is 0 Å². The van der Waals surface area contributed by atoms with Crippen LogP contribution >= 0.6 is 23.2 Å². The maximum atomic E-state index is 6.31. The lowest BCUT2D eigenvalue weighted by molar-refractivity contribution is 0.00547. The molecule has 1 heterocycles. The van der Waals surface area contributed by atoms with Crippen LogP contribution in [0.1, 0.15) is 29.2 Å². The highest BCUT2D eigenvalue weighted by Crippen LogP contribution is 2.35. The molecule has 3 aromatic rings. The first-order chi connectivity index (χ1) is 12.2. The van der Waals surface area contributed by atoms with Crippen LogP contribution in [-0.4, -0.2) is 15.7 Å². The van der Waals surface area contributed by atoms with Crippen molar-refractivity contribution in [2.75, 3.05) is 0 Å². The minimum Gasteiger partial charge on any atom is -0.371 e. The predicted molar refractivity (Wildman–Crippen MR) is 100 cm³/mol. The minimum absolute atomic E-state index is 0.0548. The molecule has 0 saturated carbocycles. The molecular formula is C20H18Cl2N2O. The average Bonchev–Trinajstić information content (AvgIpc) is 3.16. The molecule has 2 atom stereocenters. The largest absolute Gasteiger partial charge is 0.371 e. The van der Waals surface area contributed by atoms with Gasteiger partial charge in [0.05, 0.1) is 25.1 Å². The Morgan fingerprint density at radius 1 is 1.16 bits per heavy atom. The molecule has 0 saturated heterocycles. The standard InChI is InChI=1S/C20H18Cl2N2O/c21-16-6-7-18(22)15(11-16)12-25-19-8-5-14-3-1-2-4-17(14)20(19)24-10-9-23-13-24/h1-4,6-7,9-11,13,19-20H,5,8,12H2/t19-,20-/m0/s1. The monoisotopic (exact) mass is 372 g/mol. The quantitative estimate of drug-likeness (QED) is 0.620. The molecule has 1 aliphatic carbocycles. The summed E-state index contributed by atoms with van der Waals surface area (Å²) in [5.41, 5.74) is 3.59. The third-order valence-corrected chi connectivity index (χ3v) is 5.33. The molecule has 0 amide bonds. The Morgan fingerprint density at radius 3 is 2.88 bits per heavy atom. The van der Waals surface area contributed by atoms with Crippen LogP contribution in [0.15, 0.2) is 61.2 Å². The van der Waals surface area contributed by atoms with Crippen molar-refractivity contribution in [1.29, 1.82) is 0 Å². The van der Waals surface area contributed by atoms with Crippen LogP contribution in [0.5, 0.6) is 0 Å². The van der Waals surface area contributed by atoms with Crippen LogP contribution in [0.3, 0.4) is 0 Å². The van der Waals surface area contributed by atoms with Crippen molar-refractivity contribution in [3.63, 3.8) is 0 Å². The zero-order valence-corrected chi connectivity index (χ0v) is 15.1. The van der Waals surface area contributed by atoms with Crippen LogP contribution in [-0.2, 0) is 17.8 Å². The molecule has 4 rings (SSSR count). The van der Waals surface area contributed by atoms with Gasteiger partial charge in [-0.05, 0) is 47.7 Å². The van der Waals surface area contributed by atoms with E-state index in [1.54, 1.807) is 6.07 Å². The highest BCUT2D eigenvalue weighted by Gasteiger charge is 2.31. The van der Waals surface area contributed by atoms with Crippen molar-refractivity contribution in [2.45, 2.75) is 31.6 Å². The van der Waals surface area contributed by atoms with Gasteiger partial charge >= 0.3 is 0 Å². The highest BCUT2D eigenvalue weighted by molar-refractivity contribution is 6.33. The summed E-state index contributed by atoms with van der Waals surface area (Å²) in [6, 6.07) is 14.1. The molecule has 0 unspecified atom stereocenters. The van der Waals surface area contributed by atoms with Crippen LogP contribution in [0.4, 0.5) is 0 Å². The molecule has 0 N–H and O–H groups in total. The number of benzene rings is 2. The highest BCUT2D eigenvalue weighted by atomic mass is 35.5. The fourth-order valence-electron chi connectivity index (χ4n) is 3.52. The van der Waals surface area contributed by atoms with Gasteiger partial charge in [0.1, 0.15) is 0 Å². The van der Waals surface area contributed by atoms with Crippen LogP contribution in [0.2, 0.25) is 10.0 Å². The summed E-state index contributed by atoms with van der Waals surface area (Å²) in [7, 11) is 0. The van der Waals surface area contributed by atoms with Gasteiger partial charge in [0, 0.05) is 22.4 Å². The molecule has 0 spiro atoms. The molecule has 128 valence electrons. The molecule has 0 fully saturated rings. The summed E-state index contributed by atoms with van der Waals surface area (Å²) in [5, 5.41) is 1.35. The van der Waals surface area contributed by atoms with E-state index >= 15 is 0 Å². The van der Waals surface area contributed by atoms with E-state index < -0.39 is 0 Å². The molecular weight excluding hydrogens is 355 g/mol. The topological polar surface area (TPSA) is 27.1 Å². The number of fused-ring (bicyclic) bond motifs is 1. The van der Waals surface area contributed by atoms with E-state index in [-0.39, 0.29) is 12.1 Å². The summed E-state index contributed by atoms with van der Waals surface area (Å²) in [6.07, 6.45) is 7.68. The van der Waals surface area contributed by atoms with Gasteiger partial charge in [-0.3, -0.25) is 0 Å². The maximum absolute atomic E-state index is 6.31. The Kier molecular flexibility index (Phi) is 4.80. The zero-order chi connectivity index (χ0) is 17.2. The number of aromatic nitrogens is 2. The lowest BCUT2D eigenvalue weighted by Crippen LogP contribution is -2.32. The van der Waals surface area contributed by atoms with Crippen molar-refractivity contribution in [3.8, 4) is 0 Å². The number of ether oxygens (including phenoxy) is 1. The second kappa shape index (κ2) is 7.20. The fourth-order valence-corrected chi connectivity index (χ4v) is 3.88. The van der Waals surface area contributed by atoms with Crippen molar-refractivity contribution < 1.29 is 4.74 Å². The second-order valence-electron chi connectivity index (χ2n) is 6.28. The lowest BCUT2D eigenvalue weighted by atomic mass is 9.85. The molecule has 3 nitrogen and oxygen atoms in total. The predicted octanol–water partition coefficient (Wildman–Crippen LogP) is 5.31. The second-order valence-corrected chi connectivity index (χ2v) is 7.12. The van der Waals surface area contributed by atoms with E-state index in [9.17, 15) is 0 Å². The van der Waals surface area contributed by atoms with Crippen molar-refractivity contribution >= 4 is 23.2 Å². The molecule has 0 radical (unpaired) electrons.